The van der Waals surface area contributed by atoms with Crippen molar-refractivity contribution in [1.82, 2.24) is 4.57 Å². The van der Waals surface area contributed by atoms with Crippen molar-refractivity contribution in [2.24, 2.45) is 0 Å². The van der Waals surface area contributed by atoms with Crippen LogP contribution in [0.1, 0.15) is 22.3 Å². The summed E-state index contributed by atoms with van der Waals surface area (Å²) in [5, 5.41) is 2.62. The maximum Gasteiger partial charge on any atom is 0.0541 e. The molecule has 0 radical (unpaired) electrons. The average molecular weight is 1010 g/mol. The van der Waals surface area contributed by atoms with Gasteiger partial charge >= 0.3 is 0 Å². The molecule has 1 aromatic heterocycles. The van der Waals surface area contributed by atoms with Crippen LogP contribution in [0.25, 0.3) is 72.0 Å². The second-order valence-corrected chi connectivity index (χ2v) is 19.7. The third-order valence-electron chi connectivity index (χ3n) is 13.8. The fraction of sp³-hybridized carbons (Fsp3) is 0.0526. The van der Waals surface area contributed by atoms with Gasteiger partial charge in [0.1, 0.15) is 0 Å². The van der Waals surface area contributed by atoms with Gasteiger partial charge in [0.25, 0.3) is 0 Å². The normalized spacial score (nSPS) is 10.6. The predicted octanol–water partition coefficient (Wildman–Crippen LogP) is 21.2. The van der Waals surface area contributed by atoms with Gasteiger partial charge in [-0.2, -0.15) is 0 Å². The van der Waals surface area contributed by atoms with Crippen LogP contribution in [0.15, 0.2) is 315 Å². The van der Waals surface area contributed by atoms with E-state index in [9.17, 15) is 0 Å². The first-order valence-corrected chi connectivity index (χ1v) is 26.8. The predicted molar refractivity (Wildman–Crippen MR) is 335 cm³/mol. The van der Waals surface area contributed by atoms with Gasteiger partial charge in [0.2, 0.25) is 0 Å². The van der Waals surface area contributed by atoms with Crippen molar-refractivity contribution >= 4 is 38.9 Å². The van der Waals surface area contributed by atoms with Crippen LogP contribution in [0.5, 0.6) is 0 Å². The molecule has 0 atom stereocenters. The Hall–Kier alpha value is -9.76. The summed E-state index contributed by atoms with van der Waals surface area (Å²) >= 11 is 0. The number of aromatic nitrogens is 1. The monoisotopic (exact) mass is 1000 g/mol. The largest absolute Gasteiger partial charge is 0.311 e. The van der Waals surface area contributed by atoms with Crippen molar-refractivity contribution in [3.8, 4) is 50.2 Å². The molecule has 0 N–H and O–H groups in total. The number of aryl methyl sites for hydroxylation is 4. The molecule has 0 aliphatic rings. The number of fused-ring (bicyclic) bond motifs is 3. The number of hydrogen-bond donors (Lipinski definition) is 0. The lowest BCUT2D eigenvalue weighted by atomic mass is 9.97. The highest BCUT2D eigenvalue weighted by molar-refractivity contribution is 6.09. The first-order chi connectivity index (χ1) is 38.3. The Balaban J connectivity index is 0.000000118. The van der Waals surface area contributed by atoms with E-state index in [1.165, 1.54) is 111 Å². The molecule has 378 valence electrons. The summed E-state index contributed by atoms with van der Waals surface area (Å²) in [5.41, 5.74) is 22.5. The second kappa shape index (κ2) is 25.2. The molecule has 0 spiro atoms. The number of benzene rings is 12. The summed E-state index contributed by atoms with van der Waals surface area (Å²) in [6.45, 7) is 8.50. The Morgan fingerprint density at radius 2 is 0.526 bits per heavy atom. The molecule has 12 aromatic carbocycles. The van der Waals surface area contributed by atoms with Gasteiger partial charge in [-0.3, -0.25) is 0 Å². The minimum absolute atomic E-state index is 1.17. The Morgan fingerprint density at radius 1 is 0.218 bits per heavy atom. The molecule has 1 heterocycles. The van der Waals surface area contributed by atoms with Crippen molar-refractivity contribution in [3.63, 3.8) is 0 Å². The molecule has 13 rings (SSSR count). The number of nitrogens with zero attached hydrogens (tertiary/aromatic N) is 2. The molecular weight excluding hydrogens is 941 g/mol. The third-order valence-corrected chi connectivity index (χ3v) is 13.8. The molecule has 0 bridgehead atoms. The Bertz CT molecular complexity index is 3790. The van der Waals surface area contributed by atoms with E-state index in [2.05, 4.69) is 334 Å². The maximum absolute atomic E-state index is 2.34. The van der Waals surface area contributed by atoms with E-state index in [1.54, 1.807) is 0 Å². The van der Waals surface area contributed by atoms with Crippen molar-refractivity contribution in [3.05, 3.63) is 338 Å². The van der Waals surface area contributed by atoms with E-state index in [1.807, 2.05) is 18.2 Å². The van der Waals surface area contributed by atoms with Crippen LogP contribution in [0.3, 0.4) is 0 Å². The quantitative estimate of drug-likeness (QED) is 0.147. The first-order valence-electron chi connectivity index (χ1n) is 26.8. The topological polar surface area (TPSA) is 8.17 Å². The van der Waals surface area contributed by atoms with E-state index >= 15 is 0 Å². The number of rotatable bonds is 8. The van der Waals surface area contributed by atoms with E-state index in [0.29, 0.717) is 0 Å². The lowest BCUT2D eigenvalue weighted by molar-refractivity contribution is 1.17. The average Bonchev–Trinajstić information content (AvgIpc) is 3.97. The lowest BCUT2D eigenvalue weighted by Crippen LogP contribution is -2.09. The van der Waals surface area contributed by atoms with Crippen LogP contribution in [0.4, 0.5) is 17.1 Å². The third kappa shape index (κ3) is 12.8. The lowest BCUT2D eigenvalue weighted by Gasteiger charge is -2.25. The van der Waals surface area contributed by atoms with E-state index < -0.39 is 0 Å². The van der Waals surface area contributed by atoms with Gasteiger partial charge in [-0.25, -0.2) is 0 Å². The van der Waals surface area contributed by atoms with Crippen LogP contribution < -0.4 is 4.90 Å². The standard InChI is InChI=1S/C19H15N.C19H17N.2C19H16/c1-14-10-12-15(13-11-14)20-18-8-4-2-6-16(18)17-7-3-5-9-19(17)20;1-16-12-14-19(15-13-16)20(17-8-4-2-5-9-17)18-10-6-3-7-11-18;1-15-12-18(16-8-4-2-5-9-16)14-19(13-15)17-10-6-3-7-11-17;1-15-10-12-17(13-11-15)19-9-5-8-18(14-19)16-6-3-2-4-7-16/h2-13H,1H3;2-15H,1H3;2*2-14H,1H3. The molecule has 0 unspecified atom stereocenters. The van der Waals surface area contributed by atoms with Crippen molar-refractivity contribution < 1.29 is 0 Å². The molecule has 13 aromatic rings. The van der Waals surface area contributed by atoms with Crippen LogP contribution in [0.2, 0.25) is 0 Å². The zero-order chi connectivity index (χ0) is 53.5. The number of para-hydroxylation sites is 4. The molecule has 0 saturated heterocycles. The fourth-order valence-electron chi connectivity index (χ4n) is 9.82. The van der Waals surface area contributed by atoms with Crippen molar-refractivity contribution in [2.45, 2.75) is 27.7 Å². The minimum atomic E-state index is 1.17. The molecular formula is C76H64N2. The molecule has 0 amide bonds. The summed E-state index contributed by atoms with van der Waals surface area (Å²) in [6.07, 6.45) is 0. The fourth-order valence-corrected chi connectivity index (χ4v) is 9.82. The Labute approximate surface area is 461 Å². The summed E-state index contributed by atoms with van der Waals surface area (Å²) in [7, 11) is 0. The minimum Gasteiger partial charge on any atom is -0.311 e. The SMILES string of the molecule is Cc1cc(-c2ccccc2)cc(-c2ccccc2)c1.Cc1ccc(-c2cccc(-c3ccccc3)c2)cc1.Cc1ccc(-n2c3ccccc3c3ccccc32)cc1.Cc1ccc(N(c2ccccc2)c2ccccc2)cc1. The maximum atomic E-state index is 2.34. The van der Waals surface area contributed by atoms with Gasteiger partial charge in [0.15, 0.2) is 0 Å². The Kier molecular flexibility index (Phi) is 16.7. The summed E-state index contributed by atoms with van der Waals surface area (Å²) in [4.78, 5) is 2.26. The highest BCUT2D eigenvalue weighted by atomic mass is 15.1. The van der Waals surface area contributed by atoms with Crippen molar-refractivity contribution in [1.29, 1.82) is 0 Å². The number of anilines is 3. The smallest absolute Gasteiger partial charge is 0.0541 e. The van der Waals surface area contributed by atoms with Crippen LogP contribution in [-0.4, -0.2) is 4.57 Å². The molecule has 0 saturated carbocycles. The molecule has 2 heteroatoms. The first kappa shape index (κ1) is 51.7. The van der Waals surface area contributed by atoms with E-state index in [4.69, 9.17) is 0 Å². The van der Waals surface area contributed by atoms with Crippen LogP contribution in [0, 0.1) is 27.7 Å². The van der Waals surface area contributed by atoms with Crippen LogP contribution >= 0.6 is 0 Å². The summed E-state index contributed by atoms with van der Waals surface area (Å²) < 4.78 is 2.34. The van der Waals surface area contributed by atoms with E-state index in [-0.39, 0.29) is 0 Å². The zero-order valence-corrected chi connectivity index (χ0v) is 44.9. The molecule has 2 nitrogen and oxygen atoms in total. The van der Waals surface area contributed by atoms with Crippen molar-refractivity contribution in [2.75, 3.05) is 4.90 Å². The van der Waals surface area contributed by atoms with Gasteiger partial charge in [0, 0.05) is 33.5 Å². The molecule has 0 aliphatic heterocycles. The summed E-state index contributed by atoms with van der Waals surface area (Å²) in [6, 6.07) is 111. The van der Waals surface area contributed by atoms with Crippen LogP contribution in [-0.2, 0) is 0 Å². The van der Waals surface area contributed by atoms with E-state index in [0.717, 1.165) is 0 Å². The van der Waals surface area contributed by atoms with Gasteiger partial charge in [0.05, 0.1) is 11.0 Å². The number of hydrogen-bond acceptors (Lipinski definition) is 1. The van der Waals surface area contributed by atoms with Gasteiger partial charge < -0.3 is 9.47 Å². The second-order valence-electron chi connectivity index (χ2n) is 19.7. The van der Waals surface area contributed by atoms with Gasteiger partial charge in [-0.05, 0) is 151 Å². The summed E-state index contributed by atoms with van der Waals surface area (Å²) in [5.74, 6) is 0. The molecule has 0 aliphatic carbocycles. The zero-order valence-electron chi connectivity index (χ0n) is 44.9. The Morgan fingerprint density at radius 3 is 0.962 bits per heavy atom. The van der Waals surface area contributed by atoms with Gasteiger partial charge in [-0.15, -0.1) is 0 Å². The highest BCUT2D eigenvalue weighted by Gasteiger charge is 2.13. The molecule has 78 heavy (non-hydrogen) atoms. The highest BCUT2D eigenvalue weighted by Crippen LogP contribution is 2.35. The van der Waals surface area contributed by atoms with Gasteiger partial charge in [-0.1, -0.05) is 259 Å². The molecule has 0 fully saturated rings.